The van der Waals surface area contributed by atoms with Crippen LogP contribution in [0.15, 0.2) is 48.6 Å². The second kappa shape index (κ2) is 51.4. The molecule has 6 atom stereocenters. The van der Waals surface area contributed by atoms with Crippen molar-refractivity contribution in [1.82, 2.24) is 0 Å². The molecule has 1 saturated heterocycles. The number of allylic oxidation sites excluding steroid dienone is 8. The van der Waals surface area contributed by atoms with E-state index in [1.165, 1.54) is 116 Å². The zero-order valence-electron chi connectivity index (χ0n) is 47.8. The van der Waals surface area contributed by atoms with Crippen molar-refractivity contribution in [3.8, 4) is 0 Å². The van der Waals surface area contributed by atoms with Gasteiger partial charge in [-0.1, -0.05) is 223 Å². The third-order valence-electron chi connectivity index (χ3n) is 13.9. The minimum absolute atomic E-state index is 0.0615. The van der Waals surface area contributed by atoms with Gasteiger partial charge in [0.1, 0.15) is 18.8 Å². The van der Waals surface area contributed by atoms with Crippen LogP contribution in [0.1, 0.15) is 278 Å². The van der Waals surface area contributed by atoms with E-state index in [0.717, 1.165) is 103 Å². The highest BCUT2D eigenvalue weighted by molar-refractivity contribution is 5.74. The van der Waals surface area contributed by atoms with Crippen LogP contribution in [0.2, 0.25) is 0 Å². The quantitative estimate of drug-likeness (QED) is 0.0228. The first-order valence-electron chi connectivity index (χ1n) is 30.6. The van der Waals surface area contributed by atoms with Crippen molar-refractivity contribution in [3.05, 3.63) is 48.6 Å². The number of aliphatic hydroxyl groups excluding tert-OH is 2. The highest BCUT2D eigenvalue weighted by atomic mass is 16.7. The summed E-state index contributed by atoms with van der Waals surface area (Å²) in [6, 6.07) is 0. The molecule has 0 bridgehead atoms. The van der Waals surface area contributed by atoms with Crippen molar-refractivity contribution in [2.24, 2.45) is 0 Å². The van der Waals surface area contributed by atoms with Gasteiger partial charge < -0.3 is 39.0 Å². The summed E-state index contributed by atoms with van der Waals surface area (Å²) in [5.74, 6) is -3.12. The van der Waals surface area contributed by atoms with E-state index >= 15 is 0 Å². The van der Waals surface area contributed by atoms with Gasteiger partial charge in [0.2, 0.25) is 0 Å². The normalized spacial score (nSPS) is 18.4. The van der Waals surface area contributed by atoms with Gasteiger partial charge in [-0.05, 0) is 83.5 Å². The molecule has 1 heterocycles. The number of ether oxygens (including phenoxy) is 5. The van der Waals surface area contributed by atoms with Gasteiger partial charge in [0.15, 0.2) is 24.6 Å². The Kier molecular flexibility index (Phi) is 47.8. The van der Waals surface area contributed by atoms with Crippen LogP contribution < -0.4 is 0 Å². The molecule has 0 aliphatic carbocycles. The number of carbonyl (C=O) groups is 4. The molecule has 75 heavy (non-hydrogen) atoms. The van der Waals surface area contributed by atoms with Crippen LogP contribution >= 0.6 is 0 Å². The molecule has 0 aromatic heterocycles. The van der Waals surface area contributed by atoms with Crippen molar-refractivity contribution in [2.75, 3.05) is 13.2 Å². The van der Waals surface area contributed by atoms with E-state index < -0.39 is 67.3 Å². The fourth-order valence-corrected chi connectivity index (χ4v) is 9.13. The molecule has 6 unspecified atom stereocenters. The van der Waals surface area contributed by atoms with Gasteiger partial charge in [0, 0.05) is 19.3 Å². The van der Waals surface area contributed by atoms with Crippen LogP contribution in [0.3, 0.4) is 0 Å². The van der Waals surface area contributed by atoms with E-state index in [-0.39, 0.29) is 25.9 Å². The summed E-state index contributed by atoms with van der Waals surface area (Å²) in [7, 11) is 0. The summed E-state index contributed by atoms with van der Waals surface area (Å²) in [6.07, 6.45) is 49.4. The zero-order chi connectivity index (χ0) is 54.7. The second-order valence-corrected chi connectivity index (χ2v) is 21.0. The smallest absolute Gasteiger partial charge is 0.335 e. The number of carboxylic acid groups (broad SMARTS) is 1. The Hall–Kier alpha value is -3.32. The van der Waals surface area contributed by atoms with Crippen LogP contribution in [-0.2, 0) is 42.9 Å². The van der Waals surface area contributed by atoms with Gasteiger partial charge in [-0.2, -0.15) is 0 Å². The number of esters is 3. The highest BCUT2D eigenvalue weighted by Gasteiger charge is 2.50. The molecule has 1 aliphatic heterocycles. The maximum Gasteiger partial charge on any atom is 0.335 e. The van der Waals surface area contributed by atoms with Crippen LogP contribution in [0.5, 0.6) is 0 Å². The van der Waals surface area contributed by atoms with Gasteiger partial charge in [-0.25, -0.2) is 4.79 Å². The van der Waals surface area contributed by atoms with Crippen molar-refractivity contribution < 1.29 is 58.2 Å². The minimum Gasteiger partial charge on any atom is -0.479 e. The number of unbranched alkanes of at least 4 members (excludes halogenated alkanes) is 30. The number of carbonyl (C=O) groups excluding carboxylic acids is 3. The summed E-state index contributed by atoms with van der Waals surface area (Å²) < 4.78 is 28.4. The third-order valence-corrected chi connectivity index (χ3v) is 13.9. The fourth-order valence-electron chi connectivity index (χ4n) is 9.13. The Morgan fingerprint density at radius 3 is 1.23 bits per heavy atom. The molecule has 0 aromatic rings. The summed E-state index contributed by atoms with van der Waals surface area (Å²) >= 11 is 0. The maximum absolute atomic E-state index is 13.1. The monoisotopic (exact) mass is 1060 g/mol. The third kappa shape index (κ3) is 41.5. The summed E-state index contributed by atoms with van der Waals surface area (Å²) in [4.78, 5) is 51.1. The predicted molar refractivity (Wildman–Crippen MR) is 303 cm³/mol. The summed E-state index contributed by atoms with van der Waals surface area (Å²) in [5.41, 5.74) is 0. The van der Waals surface area contributed by atoms with E-state index in [1.807, 2.05) is 0 Å². The first-order valence-corrected chi connectivity index (χ1v) is 30.6. The van der Waals surface area contributed by atoms with Crippen LogP contribution in [0.25, 0.3) is 0 Å². The number of carboxylic acids is 1. The van der Waals surface area contributed by atoms with Crippen molar-refractivity contribution in [3.63, 3.8) is 0 Å². The predicted octanol–water partition coefficient (Wildman–Crippen LogP) is 15.8. The Labute approximate surface area is 456 Å². The lowest BCUT2D eigenvalue weighted by Crippen LogP contribution is -2.61. The largest absolute Gasteiger partial charge is 0.479 e. The average Bonchev–Trinajstić information content (AvgIpc) is 3.39. The van der Waals surface area contributed by atoms with E-state index in [4.69, 9.17) is 23.7 Å². The zero-order valence-corrected chi connectivity index (χ0v) is 47.8. The molecule has 1 fully saturated rings. The first-order chi connectivity index (χ1) is 36.6. The molecule has 12 heteroatoms. The van der Waals surface area contributed by atoms with E-state index in [9.17, 15) is 34.5 Å². The number of rotatable bonds is 52. The number of aliphatic carboxylic acids is 1. The number of hydrogen-bond acceptors (Lipinski definition) is 11. The van der Waals surface area contributed by atoms with Crippen molar-refractivity contribution >= 4 is 23.9 Å². The molecule has 0 amide bonds. The van der Waals surface area contributed by atoms with Crippen molar-refractivity contribution in [2.45, 2.75) is 314 Å². The minimum atomic E-state index is -1.90. The lowest BCUT2D eigenvalue weighted by Gasteiger charge is -2.40. The Morgan fingerprint density at radius 1 is 0.440 bits per heavy atom. The standard InChI is InChI=1S/C63H110O12/c1-4-7-10-13-16-19-22-24-26-27-28-29-31-32-35-37-40-43-46-49-55(64)71-52-54(73-56(65)50-47-44-41-39-36-33-30-25-23-20-17-14-11-8-5-2)53-72-63-61(59(68)58(67)60(75-63)62(69)70)74-57(66)51-48-45-42-38-34-21-18-15-12-9-6-3/h16-17,19-20,24-26,30,54,58-61,63,67-68H,4-15,18,21-23,27-29,31-53H2,1-3H3,(H,69,70)/b19-16-,20-17-,26-24-,30-25-. The molecular weight excluding hydrogens is 949 g/mol. The van der Waals surface area contributed by atoms with E-state index in [0.29, 0.717) is 19.3 Å². The Morgan fingerprint density at radius 2 is 0.800 bits per heavy atom. The maximum atomic E-state index is 13.1. The van der Waals surface area contributed by atoms with Gasteiger partial charge in [0.05, 0.1) is 6.61 Å². The van der Waals surface area contributed by atoms with Crippen LogP contribution in [0, 0.1) is 0 Å². The summed E-state index contributed by atoms with van der Waals surface area (Å²) in [6.45, 7) is 5.93. The molecule has 3 N–H and O–H groups in total. The molecule has 1 rings (SSSR count). The molecule has 434 valence electrons. The van der Waals surface area contributed by atoms with E-state index in [1.54, 1.807) is 0 Å². The molecule has 1 aliphatic rings. The van der Waals surface area contributed by atoms with Gasteiger partial charge in [-0.3, -0.25) is 14.4 Å². The average molecular weight is 1060 g/mol. The molecule has 0 radical (unpaired) electrons. The van der Waals surface area contributed by atoms with Crippen LogP contribution in [0.4, 0.5) is 0 Å². The Bertz CT molecular complexity index is 1490. The lowest BCUT2D eigenvalue weighted by atomic mass is 9.98. The highest BCUT2D eigenvalue weighted by Crippen LogP contribution is 2.26. The molecule has 0 aromatic carbocycles. The van der Waals surface area contributed by atoms with E-state index in [2.05, 4.69) is 69.4 Å². The fraction of sp³-hybridized carbons (Fsp3) is 0.810. The lowest BCUT2D eigenvalue weighted by molar-refractivity contribution is -0.301. The van der Waals surface area contributed by atoms with Gasteiger partial charge in [0.25, 0.3) is 0 Å². The van der Waals surface area contributed by atoms with Gasteiger partial charge in [-0.15, -0.1) is 0 Å². The molecule has 0 saturated carbocycles. The summed E-state index contributed by atoms with van der Waals surface area (Å²) in [5, 5.41) is 31.5. The molecular formula is C63H110O12. The SMILES string of the molecule is CCCCC/C=C\C/C=C\CCCCCCCCCCCC(=O)OCC(COC1OC(C(=O)O)C(O)C(O)C1OC(=O)CCCCCCCCCCCCC)OC(=O)CCCCCCC/C=C\C/C=C\CCCCC. The molecule has 0 spiro atoms. The Balaban J connectivity index is 2.67. The van der Waals surface area contributed by atoms with Crippen molar-refractivity contribution in [1.29, 1.82) is 0 Å². The topological polar surface area (TPSA) is 175 Å². The number of aliphatic hydroxyl groups is 2. The van der Waals surface area contributed by atoms with Crippen LogP contribution in [-0.4, -0.2) is 89.2 Å². The second-order valence-electron chi connectivity index (χ2n) is 21.0. The first kappa shape index (κ1) is 69.7. The van der Waals surface area contributed by atoms with Gasteiger partial charge >= 0.3 is 23.9 Å². The number of hydrogen-bond donors (Lipinski definition) is 3. The molecule has 12 nitrogen and oxygen atoms in total.